The van der Waals surface area contributed by atoms with Crippen LogP contribution in [0.3, 0.4) is 0 Å². The third-order valence-electron chi connectivity index (χ3n) is 5.33. The number of hydrogen-bond donors (Lipinski definition) is 2. The molecule has 5 heteroatoms. The fourth-order valence-corrected chi connectivity index (χ4v) is 3.57. The third kappa shape index (κ3) is 8.61. The zero-order valence-corrected chi connectivity index (χ0v) is 18.2. The summed E-state index contributed by atoms with van der Waals surface area (Å²) in [5, 5.41) is 6.74. The molecule has 0 spiro atoms. The number of likely N-dealkylation sites (tertiary alicyclic amines) is 1. The van der Waals surface area contributed by atoms with Gasteiger partial charge in [-0.1, -0.05) is 30.7 Å². The summed E-state index contributed by atoms with van der Waals surface area (Å²) < 4.78 is 5.38. The van der Waals surface area contributed by atoms with Crippen LogP contribution in [0, 0.1) is 0 Å². The number of rotatable bonds is 11. The van der Waals surface area contributed by atoms with Crippen molar-refractivity contribution in [2.24, 2.45) is 4.99 Å². The molecule has 1 saturated heterocycles. The van der Waals surface area contributed by atoms with Crippen LogP contribution in [0.25, 0.3) is 0 Å². The van der Waals surface area contributed by atoms with Gasteiger partial charge in [0, 0.05) is 38.9 Å². The first-order chi connectivity index (χ1) is 13.7. The highest BCUT2D eigenvalue weighted by Crippen LogP contribution is 2.19. The van der Waals surface area contributed by atoms with Gasteiger partial charge in [0.25, 0.3) is 0 Å². The second-order valence-electron chi connectivity index (χ2n) is 7.66. The van der Waals surface area contributed by atoms with Crippen molar-refractivity contribution in [1.82, 2.24) is 15.5 Å². The van der Waals surface area contributed by atoms with Crippen LogP contribution < -0.4 is 10.6 Å². The van der Waals surface area contributed by atoms with Crippen molar-refractivity contribution >= 4 is 5.96 Å². The van der Waals surface area contributed by atoms with Crippen LogP contribution >= 0.6 is 0 Å². The summed E-state index contributed by atoms with van der Waals surface area (Å²) in [4.78, 5) is 7.33. The molecule has 1 aromatic rings. The number of nitrogens with one attached hydrogen (secondary N) is 2. The fraction of sp³-hybridized carbons (Fsp3) is 0.696. The van der Waals surface area contributed by atoms with Crippen LogP contribution in [-0.4, -0.2) is 49.7 Å². The lowest BCUT2D eigenvalue weighted by atomic mass is 10.0. The predicted octanol–water partition coefficient (Wildman–Crippen LogP) is 3.93. The number of hydrogen-bond acceptors (Lipinski definition) is 3. The molecule has 28 heavy (non-hydrogen) atoms. The quantitative estimate of drug-likeness (QED) is 0.343. The monoisotopic (exact) mass is 388 g/mol. The number of ether oxygens (including phenoxy) is 1. The standard InChI is InChI=1S/C23H40N4O/c1-4-24-23(25-15-7-9-17-28-5-2)26-18-21-11-13-22(14-12-21)19-27-16-8-6-10-20(27)3/h11-14,20H,4-10,15-19H2,1-3H3,(H2,24,25,26). The van der Waals surface area contributed by atoms with Gasteiger partial charge in [-0.3, -0.25) is 4.90 Å². The van der Waals surface area contributed by atoms with E-state index >= 15 is 0 Å². The zero-order valence-electron chi connectivity index (χ0n) is 18.2. The Morgan fingerprint density at radius 1 is 1.11 bits per heavy atom. The van der Waals surface area contributed by atoms with Gasteiger partial charge in [0.1, 0.15) is 0 Å². The second-order valence-corrected chi connectivity index (χ2v) is 7.66. The Morgan fingerprint density at radius 2 is 1.89 bits per heavy atom. The highest BCUT2D eigenvalue weighted by atomic mass is 16.5. The lowest BCUT2D eigenvalue weighted by Gasteiger charge is -2.33. The molecular weight excluding hydrogens is 348 g/mol. The van der Waals surface area contributed by atoms with Gasteiger partial charge < -0.3 is 15.4 Å². The minimum Gasteiger partial charge on any atom is -0.382 e. The van der Waals surface area contributed by atoms with E-state index < -0.39 is 0 Å². The molecule has 2 rings (SSSR count). The Labute approximate surface area is 171 Å². The molecule has 1 atom stereocenters. The number of nitrogens with zero attached hydrogens (tertiary/aromatic N) is 2. The average Bonchev–Trinajstić information content (AvgIpc) is 2.71. The number of unbranched alkanes of at least 4 members (excludes halogenated alkanes) is 1. The summed E-state index contributed by atoms with van der Waals surface area (Å²) in [5.41, 5.74) is 2.66. The molecule has 0 aromatic heterocycles. The van der Waals surface area contributed by atoms with Gasteiger partial charge in [0.05, 0.1) is 6.54 Å². The summed E-state index contributed by atoms with van der Waals surface area (Å²) in [6.45, 7) is 12.9. The van der Waals surface area contributed by atoms with E-state index in [1.54, 1.807) is 0 Å². The van der Waals surface area contributed by atoms with Crippen molar-refractivity contribution in [2.45, 2.75) is 72.0 Å². The molecule has 1 fully saturated rings. The van der Waals surface area contributed by atoms with Gasteiger partial charge >= 0.3 is 0 Å². The minimum absolute atomic E-state index is 0.703. The van der Waals surface area contributed by atoms with Crippen LogP contribution in [0.5, 0.6) is 0 Å². The summed E-state index contributed by atoms with van der Waals surface area (Å²) in [6, 6.07) is 9.68. The Kier molecular flexibility index (Phi) is 11.0. The summed E-state index contributed by atoms with van der Waals surface area (Å²) in [5.74, 6) is 0.894. The molecule has 1 heterocycles. The molecule has 0 amide bonds. The molecule has 2 N–H and O–H groups in total. The first-order valence-electron chi connectivity index (χ1n) is 11.1. The van der Waals surface area contributed by atoms with E-state index in [-0.39, 0.29) is 0 Å². The highest BCUT2D eigenvalue weighted by Gasteiger charge is 2.17. The van der Waals surface area contributed by atoms with Gasteiger partial charge in [-0.2, -0.15) is 0 Å². The summed E-state index contributed by atoms with van der Waals surface area (Å²) in [7, 11) is 0. The number of piperidine rings is 1. The number of guanidine groups is 1. The molecule has 0 aliphatic carbocycles. The largest absolute Gasteiger partial charge is 0.382 e. The lowest BCUT2D eigenvalue weighted by molar-refractivity contribution is 0.143. The van der Waals surface area contributed by atoms with E-state index in [0.29, 0.717) is 12.6 Å². The van der Waals surface area contributed by atoms with Gasteiger partial charge in [0.15, 0.2) is 5.96 Å². The maximum atomic E-state index is 5.38. The van der Waals surface area contributed by atoms with Crippen molar-refractivity contribution in [3.05, 3.63) is 35.4 Å². The van der Waals surface area contributed by atoms with Gasteiger partial charge in [-0.05, 0) is 64.1 Å². The molecule has 0 bridgehead atoms. The fourth-order valence-electron chi connectivity index (χ4n) is 3.57. The van der Waals surface area contributed by atoms with Crippen LogP contribution in [0.4, 0.5) is 0 Å². The van der Waals surface area contributed by atoms with Crippen molar-refractivity contribution in [2.75, 3.05) is 32.8 Å². The van der Waals surface area contributed by atoms with Crippen molar-refractivity contribution < 1.29 is 4.74 Å². The van der Waals surface area contributed by atoms with Crippen LogP contribution in [0.15, 0.2) is 29.3 Å². The van der Waals surface area contributed by atoms with E-state index in [0.717, 1.165) is 51.6 Å². The molecule has 1 aliphatic rings. The molecule has 0 saturated carbocycles. The van der Waals surface area contributed by atoms with Crippen molar-refractivity contribution in [3.8, 4) is 0 Å². The molecule has 158 valence electrons. The van der Waals surface area contributed by atoms with Gasteiger partial charge in [-0.15, -0.1) is 0 Å². The normalized spacial score (nSPS) is 18.2. The van der Waals surface area contributed by atoms with E-state index in [1.165, 1.54) is 36.9 Å². The predicted molar refractivity (Wildman–Crippen MR) is 119 cm³/mol. The zero-order chi connectivity index (χ0) is 20.0. The Hall–Kier alpha value is -1.59. The molecule has 0 radical (unpaired) electrons. The SMILES string of the molecule is CCNC(=NCc1ccc(CN2CCCCC2C)cc1)NCCCCOCC. The maximum Gasteiger partial charge on any atom is 0.191 e. The first-order valence-corrected chi connectivity index (χ1v) is 11.1. The topological polar surface area (TPSA) is 48.9 Å². The third-order valence-corrected chi connectivity index (χ3v) is 5.33. The second kappa shape index (κ2) is 13.6. The molecule has 1 aliphatic heterocycles. The Morgan fingerprint density at radius 3 is 2.61 bits per heavy atom. The van der Waals surface area contributed by atoms with Crippen molar-refractivity contribution in [1.29, 1.82) is 0 Å². The number of aliphatic imine (C=N–C) groups is 1. The average molecular weight is 389 g/mol. The summed E-state index contributed by atoms with van der Waals surface area (Å²) >= 11 is 0. The first kappa shape index (κ1) is 22.7. The molecular formula is C23H40N4O. The van der Waals surface area contributed by atoms with E-state index in [2.05, 4.69) is 53.6 Å². The van der Waals surface area contributed by atoms with E-state index in [9.17, 15) is 0 Å². The van der Waals surface area contributed by atoms with Gasteiger partial charge in [-0.25, -0.2) is 4.99 Å². The molecule has 1 aromatic carbocycles. The summed E-state index contributed by atoms with van der Waals surface area (Å²) in [6.07, 6.45) is 6.22. The Bertz CT molecular complexity index is 558. The molecule has 5 nitrogen and oxygen atoms in total. The smallest absolute Gasteiger partial charge is 0.191 e. The highest BCUT2D eigenvalue weighted by molar-refractivity contribution is 5.79. The van der Waals surface area contributed by atoms with Gasteiger partial charge in [0.2, 0.25) is 0 Å². The van der Waals surface area contributed by atoms with Crippen LogP contribution in [0.2, 0.25) is 0 Å². The number of benzene rings is 1. The lowest BCUT2D eigenvalue weighted by Crippen LogP contribution is -2.37. The van der Waals surface area contributed by atoms with E-state index in [4.69, 9.17) is 9.73 Å². The molecule has 1 unspecified atom stereocenters. The maximum absolute atomic E-state index is 5.38. The minimum atomic E-state index is 0.703. The Balaban J connectivity index is 1.77. The van der Waals surface area contributed by atoms with Crippen molar-refractivity contribution in [3.63, 3.8) is 0 Å². The van der Waals surface area contributed by atoms with Crippen LogP contribution in [0.1, 0.15) is 64.0 Å². The van der Waals surface area contributed by atoms with Crippen LogP contribution in [-0.2, 0) is 17.8 Å². The van der Waals surface area contributed by atoms with E-state index in [1.807, 2.05) is 6.92 Å².